The molecule has 0 radical (unpaired) electrons. The second-order valence-corrected chi connectivity index (χ2v) is 10.3. The van der Waals surface area contributed by atoms with E-state index in [0.717, 1.165) is 8.95 Å². The zero-order valence-corrected chi connectivity index (χ0v) is 18.1. The number of fused-ring (bicyclic) bond motifs is 2. The molecule has 0 aromatic heterocycles. The van der Waals surface area contributed by atoms with Gasteiger partial charge in [-0.3, -0.25) is 0 Å². The third kappa shape index (κ3) is 3.05. The van der Waals surface area contributed by atoms with E-state index in [0.29, 0.717) is 0 Å². The van der Waals surface area contributed by atoms with Crippen molar-refractivity contribution in [3.63, 3.8) is 0 Å². The van der Waals surface area contributed by atoms with Gasteiger partial charge in [0.25, 0.3) is 0 Å². The predicted molar refractivity (Wildman–Crippen MR) is 121 cm³/mol. The van der Waals surface area contributed by atoms with Crippen LogP contribution in [0.2, 0.25) is 0 Å². The van der Waals surface area contributed by atoms with Crippen molar-refractivity contribution in [2.75, 3.05) is 13.3 Å². The lowest BCUT2D eigenvalue weighted by atomic mass is 9.98. The minimum Gasteiger partial charge on any atom is -0.0817 e. The van der Waals surface area contributed by atoms with Gasteiger partial charge in [0, 0.05) is 8.95 Å². The average Bonchev–Trinajstić information content (AvgIpc) is 2.66. The number of hydrogen-bond acceptors (Lipinski definition) is 0. The Labute approximate surface area is 166 Å². The van der Waals surface area contributed by atoms with Crippen LogP contribution in [0.3, 0.4) is 0 Å². The summed E-state index contributed by atoms with van der Waals surface area (Å²) < 4.78 is 2.32. The highest BCUT2D eigenvalue weighted by molar-refractivity contribution is 9.11. The van der Waals surface area contributed by atoms with Crippen LogP contribution in [-0.2, 0) is 0 Å². The molecule has 0 spiro atoms. The summed E-state index contributed by atoms with van der Waals surface area (Å²) in [6, 6.07) is 24.2. The minimum absolute atomic E-state index is 0.0884. The van der Waals surface area contributed by atoms with Gasteiger partial charge in [-0.1, -0.05) is 62.5 Å². The highest BCUT2D eigenvalue weighted by Gasteiger charge is 2.12. The van der Waals surface area contributed by atoms with Gasteiger partial charge in [0.2, 0.25) is 0 Å². The fourth-order valence-electron chi connectivity index (χ4n) is 3.22. The molecule has 0 saturated heterocycles. The molecule has 4 aromatic rings. The summed E-state index contributed by atoms with van der Waals surface area (Å²) in [5.41, 5.74) is 2.54. The van der Waals surface area contributed by atoms with E-state index in [1.54, 1.807) is 0 Å². The molecule has 0 aliphatic rings. The standard InChI is InChI=1S/C22H17Br2P/c1-25(2)16-7-5-6-14(12-16)15-10-11-19-20(13-15)22(24)18-9-4-3-8-17(18)21(19)23/h3-13H,1-2H3. The largest absolute Gasteiger partial charge is 0.0817 e. The summed E-state index contributed by atoms with van der Waals surface area (Å²) >= 11 is 7.65. The topological polar surface area (TPSA) is 0 Å². The Balaban J connectivity index is 1.98. The van der Waals surface area contributed by atoms with Gasteiger partial charge < -0.3 is 0 Å². The predicted octanol–water partition coefficient (Wildman–Crippen LogP) is 7.55. The van der Waals surface area contributed by atoms with Gasteiger partial charge in [-0.2, -0.15) is 0 Å². The summed E-state index contributed by atoms with van der Waals surface area (Å²) in [5, 5.41) is 6.38. The van der Waals surface area contributed by atoms with E-state index >= 15 is 0 Å². The summed E-state index contributed by atoms with van der Waals surface area (Å²) in [6.45, 7) is 4.60. The molecule has 0 aliphatic heterocycles. The number of benzene rings is 4. The van der Waals surface area contributed by atoms with E-state index in [1.807, 2.05) is 0 Å². The van der Waals surface area contributed by atoms with Crippen molar-refractivity contribution < 1.29 is 0 Å². The molecule has 0 amide bonds. The Morgan fingerprint density at radius 3 is 1.88 bits per heavy atom. The zero-order valence-electron chi connectivity index (χ0n) is 14.1. The van der Waals surface area contributed by atoms with Gasteiger partial charge in [-0.15, -0.1) is 0 Å². The quantitative estimate of drug-likeness (QED) is 0.209. The lowest BCUT2D eigenvalue weighted by molar-refractivity contribution is 1.66. The molecule has 0 N–H and O–H groups in total. The van der Waals surface area contributed by atoms with Crippen LogP contribution in [0.5, 0.6) is 0 Å². The first-order chi connectivity index (χ1) is 12.1. The third-order valence-electron chi connectivity index (χ3n) is 4.59. The van der Waals surface area contributed by atoms with Crippen molar-refractivity contribution in [2.45, 2.75) is 0 Å². The van der Waals surface area contributed by atoms with Gasteiger partial charge >= 0.3 is 0 Å². The highest BCUT2D eigenvalue weighted by Crippen LogP contribution is 2.40. The first-order valence-corrected chi connectivity index (χ1v) is 12.0. The summed E-state index contributed by atoms with van der Waals surface area (Å²) in [7, 11) is -0.0884. The lowest BCUT2D eigenvalue weighted by Gasteiger charge is -2.13. The Hall–Kier alpha value is -1.21. The van der Waals surface area contributed by atoms with E-state index in [9.17, 15) is 0 Å². The smallest absolute Gasteiger partial charge is 0.0333 e. The zero-order chi connectivity index (χ0) is 17.6. The monoisotopic (exact) mass is 470 g/mol. The maximum absolute atomic E-state index is 3.84. The van der Waals surface area contributed by atoms with E-state index in [2.05, 4.69) is 112 Å². The van der Waals surface area contributed by atoms with Crippen molar-refractivity contribution in [3.05, 3.63) is 75.7 Å². The van der Waals surface area contributed by atoms with Gasteiger partial charge in [-0.05, 0) is 95.3 Å². The molecule has 25 heavy (non-hydrogen) atoms. The van der Waals surface area contributed by atoms with Crippen LogP contribution < -0.4 is 5.30 Å². The molecular formula is C22H17Br2P. The van der Waals surface area contributed by atoms with E-state index < -0.39 is 0 Å². The summed E-state index contributed by atoms with van der Waals surface area (Å²) in [5.74, 6) is 0. The molecule has 0 nitrogen and oxygen atoms in total. The molecular weight excluding hydrogens is 455 g/mol. The molecule has 124 valence electrons. The maximum Gasteiger partial charge on any atom is 0.0333 e. The van der Waals surface area contributed by atoms with Crippen LogP contribution in [0.25, 0.3) is 32.7 Å². The van der Waals surface area contributed by atoms with Gasteiger partial charge in [-0.25, -0.2) is 0 Å². The lowest BCUT2D eigenvalue weighted by Crippen LogP contribution is -1.98. The Morgan fingerprint density at radius 1 is 0.600 bits per heavy atom. The molecule has 0 unspecified atom stereocenters. The fraction of sp³-hybridized carbons (Fsp3) is 0.0909. The molecule has 3 heteroatoms. The van der Waals surface area contributed by atoms with E-state index in [1.165, 1.54) is 38.0 Å². The minimum atomic E-state index is -0.0884. The fourth-order valence-corrected chi connectivity index (χ4v) is 5.36. The van der Waals surface area contributed by atoms with Crippen molar-refractivity contribution in [3.8, 4) is 11.1 Å². The van der Waals surface area contributed by atoms with Gasteiger partial charge in [0.1, 0.15) is 0 Å². The van der Waals surface area contributed by atoms with Crippen molar-refractivity contribution in [1.29, 1.82) is 0 Å². The second kappa shape index (κ2) is 6.83. The first kappa shape index (κ1) is 17.2. The normalized spacial score (nSPS) is 11.6. The second-order valence-electron chi connectivity index (χ2n) is 6.38. The Bertz CT molecular complexity index is 1100. The van der Waals surface area contributed by atoms with Crippen molar-refractivity contribution in [2.24, 2.45) is 0 Å². The van der Waals surface area contributed by atoms with Crippen molar-refractivity contribution >= 4 is 66.6 Å². The van der Waals surface area contributed by atoms with Crippen LogP contribution in [0.15, 0.2) is 75.7 Å². The summed E-state index contributed by atoms with van der Waals surface area (Å²) in [4.78, 5) is 0. The average molecular weight is 472 g/mol. The maximum atomic E-state index is 3.84. The molecule has 0 saturated carbocycles. The van der Waals surface area contributed by atoms with Crippen molar-refractivity contribution in [1.82, 2.24) is 0 Å². The number of halogens is 2. The third-order valence-corrected chi connectivity index (χ3v) is 7.61. The number of hydrogen-bond donors (Lipinski definition) is 0. The molecule has 4 rings (SSSR count). The Morgan fingerprint density at radius 2 is 1.20 bits per heavy atom. The van der Waals surface area contributed by atoms with E-state index in [-0.39, 0.29) is 7.92 Å². The van der Waals surface area contributed by atoms with Crippen LogP contribution in [-0.4, -0.2) is 13.3 Å². The Kier molecular flexibility index (Phi) is 4.71. The van der Waals surface area contributed by atoms with Gasteiger partial charge in [0.05, 0.1) is 0 Å². The highest BCUT2D eigenvalue weighted by atomic mass is 79.9. The van der Waals surface area contributed by atoms with Crippen LogP contribution in [0, 0.1) is 0 Å². The molecule has 0 aliphatic carbocycles. The summed E-state index contributed by atoms with van der Waals surface area (Å²) in [6.07, 6.45) is 0. The SMILES string of the molecule is CP(C)c1cccc(-c2ccc3c(Br)c4ccccc4c(Br)c3c2)c1. The van der Waals surface area contributed by atoms with Gasteiger partial charge in [0.15, 0.2) is 0 Å². The van der Waals surface area contributed by atoms with Crippen LogP contribution >= 0.6 is 39.8 Å². The molecule has 0 fully saturated rings. The molecule has 0 atom stereocenters. The number of rotatable bonds is 2. The van der Waals surface area contributed by atoms with E-state index in [4.69, 9.17) is 0 Å². The van der Waals surface area contributed by atoms with Crippen LogP contribution in [0.4, 0.5) is 0 Å². The molecule has 4 aromatic carbocycles. The molecule has 0 bridgehead atoms. The molecule has 0 heterocycles. The first-order valence-electron chi connectivity index (χ1n) is 8.13. The van der Waals surface area contributed by atoms with Crippen LogP contribution in [0.1, 0.15) is 0 Å².